The Kier molecular flexibility index (Phi) is 9.26. The maximum Gasteiger partial charge on any atom is 0.337 e. The predicted molar refractivity (Wildman–Crippen MR) is 162 cm³/mol. The van der Waals surface area contributed by atoms with E-state index >= 15 is 0 Å². The average Bonchev–Trinajstić information content (AvgIpc) is 2.96. The number of hydrogen-bond acceptors (Lipinski definition) is 9. The zero-order chi connectivity index (χ0) is 29.4. The summed E-state index contributed by atoms with van der Waals surface area (Å²) in [5.74, 6) is 1.04. The second kappa shape index (κ2) is 13.2. The lowest BCUT2D eigenvalue weighted by atomic mass is 10.1. The van der Waals surface area contributed by atoms with E-state index in [0.29, 0.717) is 35.2 Å². The van der Waals surface area contributed by atoms with Gasteiger partial charge >= 0.3 is 5.97 Å². The van der Waals surface area contributed by atoms with Crippen LogP contribution in [0.4, 0.5) is 17.5 Å². The van der Waals surface area contributed by atoms with Crippen LogP contribution < -0.4 is 22.3 Å². The molecule has 0 atom stereocenters. The molecule has 0 saturated carbocycles. The molecule has 0 radical (unpaired) electrons. The van der Waals surface area contributed by atoms with Crippen molar-refractivity contribution in [3.8, 4) is 5.69 Å². The van der Waals surface area contributed by atoms with Gasteiger partial charge in [-0.1, -0.05) is 43.3 Å². The van der Waals surface area contributed by atoms with Crippen LogP contribution in [0.15, 0.2) is 83.7 Å². The monoisotopic (exact) mass is 551 g/mol. The molecule has 3 aromatic carbocycles. The van der Waals surface area contributed by atoms with E-state index in [-0.39, 0.29) is 17.5 Å². The molecular weight excluding hydrogens is 518 g/mol. The van der Waals surface area contributed by atoms with Gasteiger partial charge in [-0.05, 0) is 55.3 Å². The summed E-state index contributed by atoms with van der Waals surface area (Å²) in [5.41, 5.74) is 15.0. The zero-order valence-corrected chi connectivity index (χ0v) is 23.3. The quantitative estimate of drug-likeness (QED) is 0.245. The molecule has 0 fully saturated rings. The van der Waals surface area contributed by atoms with Gasteiger partial charge in [0.1, 0.15) is 11.6 Å². The van der Waals surface area contributed by atoms with E-state index < -0.39 is 0 Å². The van der Waals surface area contributed by atoms with E-state index in [1.54, 1.807) is 22.8 Å². The number of nitrogen functional groups attached to an aromatic ring is 2. The molecule has 0 aliphatic carbocycles. The van der Waals surface area contributed by atoms with Gasteiger partial charge < -0.3 is 21.5 Å². The fourth-order valence-corrected chi connectivity index (χ4v) is 4.35. The van der Waals surface area contributed by atoms with Crippen molar-refractivity contribution >= 4 is 34.3 Å². The number of benzene rings is 3. The van der Waals surface area contributed by atoms with Crippen molar-refractivity contribution in [1.29, 1.82) is 0 Å². The van der Waals surface area contributed by atoms with Gasteiger partial charge in [0.05, 0.1) is 29.3 Å². The number of nitrogens with two attached hydrogens (primary N) is 2. The minimum atomic E-state index is -0.367. The Hall–Kier alpha value is -5.25. The Morgan fingerprint density at radius 2 is 1.68 bits per heavy atom. The van der Waals surface area contributed by atoms with Crippen LogP contribution in [0.25, 0.3) is 16.6 Å². The van der Waals surface area contributed by atoms with Crippen LogP contribution >= 0.6 is 0 Å². The first-order valence-electron chi connectivity index (χ1n) is 13.2. The van der Waals surface area contributed by atoms with E-state index in [1.807, 2.05) is 67.6 Å². The van der Waals surface area contributed by atoms with Crippen LogP contribution in [0.1, 0.15) is 40.8 Å². The molecule has 0 amide bonds. The number of methoxy groups -OCH3 is 1. The highest BCUT2D eigenvalue weighted by Gasteiger charge is 2.15. The van der Waals surface area contributed by atoms with Crippen LogP contribution in [0.5, 0.6) is 0 Å². The maximum atomic E-state index is 13.6. The smallest absolute Gasteiger partial charge is 0.337 e. The highest BCUT2D eigenvalue weighted by atomic mass is 16.5. The van der Waals surface area contributed by atoms with Crippen molar-refractivity contribution < 1.29 is 9.53 Å². The first kappa shape index (κ1) is 28.8. The molecule has 5 aromatic rings. The van der Waals surface area contributed by atoms with Gasteiger partial charge in [0.25, 0.3) is 5.56 Å². The van der Waals surface area contributed by atoms with Crippen molar-refractivity contribution in [3.63, 3.8) is 0 Å². The number of nitrogens with zero attached hydrogens (tertiary/aromatic N) is 4. The Labute approximate surface area is 238 Å². The predicted octanol–water partition coefficient (Wildman–Crippen LogP) is 4.69. The third kappa shape index (κ3) is 7.04. The highest BCUT2D eigenvalue weighted by Crippen LogP contribution is 2.22. The van der Waals surface area contributed by atoms with E-state index in [1.165, 1.54) is 7.11 Å². The van der Waals surface area contributed by atoms with Crippen molar-refractivity contribution in [1.82, 2.24) is 19.5 Å². The molecule has 0 saturated heterocycles. The lowest BCUT2D eigenvalue weighted by molar-refractivity contribution is 0.0600. The summed E-state index contributed by atoms with van der Waals surface area (Å²) >= 11 is 0. The number of anilines is 3. The Balaban J connectivity index is 0.000000367. The summed E-state index contributed by atoms with van der Waals surface area (Å²) in [6, 6.07) is 24.1. The molecule has 0 spiro atoms. The third-order valence-corrected chi connectivity index (χ3v) is 6.20. The summed E-state index contributed by atoms with van der Waals surface area (Å²) in [6.45, 7) is 4.39. The fraction of sp³-hybridized carbons (Fsp3) is 0.194. The molecule has 10 heteroatoms. The minimum absolute atomic E-state index is 0.0891. The summed E-state index contributed by atoms with van der Waals surface area (Å²) in [6.07, 6.45) is 1.61. The van der Waals surface area contributed by atoms with Crippen LogP contribution in [-0.2, 0) is 17.7 Å². The van der Waals surface area contributed by atoms with E-state index in [9.17, 15) is 9.59 Å². The van der Waals surface area contributed by atoms with Crippen LogP contribution in [0, 0.1) is 6.92 Å². The number of fused-ring (bicyclic) bond motifs is 1. The Bertz CT molecular complexity index is 1650. The van der Waals surface area contributed by atoms with Gasteiger partial charge in [0.2, 0.25) is 5.95 Å². The van der Waals surface area contributed by atoms with Crippen LogP contribution in [0.3, 0.4) is 0 Å². The van der Waals surface area contributed by atoms with Gasteiger partial charge in [-0.25, -0.2) is 14.8 Å². The zero-order valence-electron chi connectivity index (χ0n) is 23.3. The van der Waals surface area contributed by atoms with Gasteiger partial charge in [0.15, 0.2) is 0 Å². The van der Waals surface area contributed by atoms with Crippen molar-refractivity contribution in [2.75, 3.05) is 23.9 Å². The highest BCUT2D eigenvalue weighted by molar-refractivity contribution is 5.91. The summed E-state index contributed by atoms with van der Waals surface area (Å²) in [4.78, 5) is 37.6. The normalized spacial score (nSPS) is 10.5. The molecular formula is C31H33N7O3. The van der Waals surface area contributed by atoms with Crippen molar-refractivity contribution in [2.24, 2.45) is 0 Å². The number of aryl methyl sites for hydroxylation is 2. The number of aromatic nitrogens is 4. The van der Waals surface area contributed by atoms with Crippen LogP contribution in [0.2, 0.25) is 0 Å². The Morgan fingerprint density at radius 1 is 0.951 bits per heavy atom. The number of para-hydroxylation sites is 1. The minimum Gasteiger partial charge on any atom is -0.465 e. The van der Waals surface area contributed by atoms with Gasteiger partial charge in [-0.15, -0.1) is 0 Å². The van der Waals surface area contributed by atoms with Gasteiger partial charge in [-0.3, -0.25) is 9.36 Å². The second-order valence-electron chi connectivity index (χ2n) is 9.29. The number of esters is 1. The van der Waals surface area contributed by atoms with Crippen LogP contribution in [-0.4, -0.2) is 32.6 Å². The topological polar surface area (TPSA) is 151 Å². The lowest BCUT2D eigenvalue weighted by Gasteiger charge is -2.15. The number of carbonyl (C=O) groups is 1. The second-order valence-corrected chi connectivity index (χ2v) is 9.29. The standard InChI is InChI=1S/C26H25N3O3.C5H8N4/c1-3-8-23-28-22-12-7-11-21(24(22)25(30)29(23)20-9-5-4-6-10-20)27-17-18-13-15-19(16-14-18)26(31)32-2;1-3-2-4(6)9-5(7)8-3/h4-7,9-16,27H,3,8,17H2,1-2H3;2H,1H3,(H4,6,7,8,9). The number of hydrogen-bond donors (Lipinski definition) is 3. The molecule has 0 aliphatic rings. The van der Waals surface area contributed by atoms with Gasteiger partial charge in [0, 0.05) is 30.4 Å². The number of carbonyl (C=O) groups excluding carboxylic acids is 1. The number of nitrogens with one attached hydrogen (secondary N) is 1. The lowest BCUT2D eigenvalue weighted by Crippen LogP contribution is -2.24. The summed E-state index contributed by atoms with van der Waals surface area (Å²) in [5, 5.41) is 3.93. The molecule has 0 unspecified atom stereocenters. The maximum absolute atomic E-state index is 13.6. The molecule has 41 heavy (non-hydrogen) atoms. The Morgan fingerprint density at radius 3 is 2.32 bits per heavy atom. The molecule has 2 heterocycles. The first-order valence-corrected chi connectivity index (χ1v) is 13.2. The summed E-state index contributed by atoms with van der Waals surface area (Å²) in [7, 11) is 1.36. The summed E-state index contributed by atoms with van der Waals surface area (Å²) < 4.78 is 6.45. The fourth-order valence-electron chi connectivity index (χ4n) is 4.35. The number of ether oxygens (including phenoxy) is 1. The average molecular weight is 552 g/mol. The third-order valence-electron chi connectivity index (χ3n) is 6.20. The van der Waals surface area contributed by atoms with E-state index in [4.69, 9.17) is 21.2 Å². The molecule has 2 aromatic heterocycles. The van der Waals surface area contributed by atoms with E-state index in [2.05, 4.69) is 22.2 Å². The SMILES string of the molecule is CCCc1nc2cccc(NCc3ccc(C(=O)OC)cc3)c2c(=O)n1-c1ccccc1.Cc1cc(N)nc(N)n1. The van der Waals surface area contributed by atoms with Crippen molar-refractivity contribution in [2.45, 2.75) is 33.2 Å². The van der Waals surface area contributed by atoms with Crippen molar-refractivity contribution in [3.05, 3.63) is 112 Å². The van der Waals surface area contributed by atoms with E-state index in [0.717, 1.165) is 34.9 Å². The molecule has 10 nitrogen and oxygen atoms in total. The molecule has 0 aliphatic heterocycles. The number of rotatable bonds is 7. The van der Waals surface area contributed by atoms with Gasteiger partial charge in [-0.2, -0.15) is 4.98 Å². The largest absolute Gasteiger partial charge is 0.465 e. The molecule has 5 N–H and O–H groups in total. The molecule has 5 rings (SSSR count). The first-order chi connectivity index (χ1) is 19.8. The molecule has 0 bridgehead atoms. The molecule has 210 valence electrons.